The lowest BCUT2D eigenvalue weighted by Crippen LogP contribution is -2.31. The van der Waals surface area contributed by atoms with Crippen molar-refractivity contribution in [3.05, 3.63) is 94.5 Å². The Hall–Kier alpha value is -3.67. The topological polar surface area (TPSA) is 71.0 Å². The molecule has 2 heterocycles. The molecule has 4 aromatic rings. The van der Waals surface area contributed by atoms with E-state index in [0.29, 0.717) is 12.1 Å². The number of carbonyl (C=O) groups excluding carboxylic acids is 1. The van der Waals surface area contributed by atoms with Crippen LogP contribution in [-0.2, 0) is 6.54 Å². The maximum atomic E-state index is 12.8. The fourth-order valence-electron chi connectivity index (χ4n) is 3.02. The molecule has 0 saturated heterocycles. The summed E-state index contributed by atoms with van der Waals surface area (Å²) >= 11 is 0. The van der Waals surface area contributed by atoms with Crippen LogP contribution in [0.25, 0.3) is 16.6 Å². The van der Waals surface area contributed by atoms with Gasteiger partial charge in [0.15, 0.2) is 0 Å². The van der Waals surface area contributed by atoms with E-state index in [0.717, 1.165) is 16.6 Å². The van der Waals surface area contributed by atoms with Gasteiger partial charge in [-0.05, 0) is 29.7 Å². The number of fused-ring (bicyclic) bond motifs is 1. The van der Waals surface area contributed by atoms with Crippen molar-refractivity contribution in [1.29, 1.82) is 0 Å². The number of nitrogens with one attached hydrogen (secondary N) is 1. The van der Waals surface area contributed by atoms with Gasteiger partial charge in [0.05, 0.1) is 11.9 Å². The van der Waals surface area contributed by atoms with E-state index in [1.807, 2.05) is 60.8 Å². The highest BCUT2D eigenvalue weighted by molar-refractivity contribution is 5.97. The quantitative estimate of drug-likeness (QED) is 0.610. The summed E-state index contributed by atoms with van der Waals surface area (Å²) in [4.78, 5) is 29.4. The van der Waals surface area contributed by atoms with Gasteiger partial charge in [-0.1, -0.05) is 36.4 Å². The Morgan fingerprint density at radius 1 is 1.11 bits per heavy atom. The number of nitrogens with zero attached hydrogens (tertiary/aromatic N) is 3. The van der Waals surface area contributed by atoms with Crippen LogP contribution in [0.2, 0.25) is 0 Å². The Morgan fingerprint density at radius 2 is 1.85 bits per heavy atom. The molecular formula is C21H18N4O2. The SMILES string of the molecule is CN(Cc1cnn(-c2ccccc2)c1)C(=O)c1cc2ccccc2[nH]c1=O. The van der Waals surface area contributed by atoms with Gasteiger partial charge in [-0.25, -0.2) is 4.68 Å². The van der Waals surface area contributed by atoms with Gasteiger partial charge >= 0.3 is 0 Å². The summed E-state index contributed by atoms with van der Waals surface area (Å²) in [6.45, 7) is 0.359. The Labute approximate surface area is 155 Å². The van der Waals surface area contributed by atoms with Crippen molar-refractivity contribution in [2.75, 3.05) is 7.05 Å². The summed E-state index contributed by atoms with van der Waals surface area (Å²) in [5, 5.41) is 5.17. The van der Waals surface area contributed by atoms with Crippen LogP contribution in [-0.4, -0.2) is 32.6 Å². The molecule has 6 nitrogen and oxygen atoms in total. The third-order valence-corrected chi connectivity index (χ3v) is 4.41. The average Bonchev–Trinajstić information content (AvgIpc) is 3.16. The molecule has 0 bridgehead atoms. The molecular weight excluding hydrogens is 340 g/mol. The van der Waals surface area contributed by atoms with Gasteiger partial charge in [0.25, 0.3) is 11.5 Å². The Bertz CT molecular complexity index is 1160. The van der Waals surface area contributed by atoms with Gasteiger partial charge < -0.3 is 9.88 Å². The molecule has 134 valence electrons. The molecule has 6 heteroatoms. The Morgan fingerprint density at radius 3 is 2.67 bits per heavy atom. The molecule has 4 rings (SSSR count). The van der Waals surface area contributed by atoms with E-state index in [4.69, 9.17) is 0 Å². The third kappa shape index (κ3) is 3.37. The summed E-state index contributed by atoms with van der Waals surface area (Å²) in [5.74, 6) is -0.325. The molecule has 0 spiro atoms. The van der Waals surface area contributed by atoms with E-state index in [1.54, 1.807) is 24.0 Å². The highest BCUT2D eigenvalue weighted by atomic mass is 16.2. The summed E-state index contributed by atoms with van der Waals surface area (Å²) in [6, 6.07) is 18.8. The number of amides is 1. The van der Waals surface area contributed by atoms with Crippen molar-refractivity contribution in [3.8, 4) is 5.69 Å². The maximum absolute atomic E-state index is 12.8. The zero-order chi connectivity index (χ0) is 18.8. The molecule has 0 aliphatic rings. The van der Waals surface area contributed by atoms with Crippen LogP contribution < -0.4 is 5.56 Å². The molecule has 1 N–H and O–H groups in total. The standard InChI is InChI=1S/C21H18N4O2/c1-24(13-15-12-22-25(14-15)17-8-3-2-4-9-17)21(27)18-11-16-7-5-6-10-19(16)23-20(18)26/h2-12,14H,13H2,1H3,(H,23,26). The molecule has 2 aromatic heterocycles. The number of aromatic amines is 1. The third-order valence-electron chi connectivity index (χ3n) is 4.41. The highest BCUT2D eigenvalue weighted by Crippen LogP contribution is 2.13. The number of aromatic nitrogens is 3. The molecule has 27 heavy (non-hydrogen) atoms. The van der Waals surface area contributed by atoms with Crippen LogP contribution in [0, 0.1) is 0 Å². The van der Waals surface area contributed by atoms with Crippen LogP contribution >= 0.6 is 0 Å². The Balaban J connectivity index is 1.56. The molecule has 2 aromatic carbocycles. The first-order valence-electron chi connectivity index (χ1n) is 8.58. The van der Waals surface area contributed by atoms with Crippen LogP contribution in [0.4, 0.5) is 0 Å². The lowest BCUT2D eigenvalue weighted by atomic mass is 10.1. The number of hydrogen-bond acceptors (Lipinski definition) is 3. The zero-order valence-corrected chi connectivity index (χ0v) is 14.8. The minimum Gasteiger partial charge on any atom is -0.337 e. The monoisotopic (exact) mass is 358 g/mol. The van der Waals surface area contributed by atoms with Gasteiger partial charge in [-0.15, -0.1) is 0 Å². The minimum absolute atomic E-state index is 0.131. The number of pyridine rings is 1. The summed E-state index contributed by atoms with van der Waals surface area (Å²) in [7, 11) is 1.68. The van der Waals surface area contributed by atoms with Crippen molar-refractivity contribution in [1.82, 2.24) is 19.7 Å². The van der Waals surface area contributed by atoms with Gasteiger partial charge in [0.2, 0.25) is 0 Å². The van der Waals surface area contributed by atoms with E-state index in [2.05, 4.69) is 10.1 Å². The molecule has 0 aliphatic carbocycles. The van der Waals surface area contributed by atoms with Crippen LogP contribution in [0.3, 0.4) is 0 Å². The van der Waals surface area contributed by atoms with E-state index in [1.165, 1.54) is 4.90 Å². The van der Waals surface area contributed by atoms with Crippen molar-refractivity contribution in [2.24, 2.45) is 0 Å². The summed E-state index contributed by atoms with van der Waals surface area (Å²) in [6.07, 6.45) is 3.60. The van der Waals surface area contributed by atoms with Crippen molar-refractivity contribution >= 4 is 16.8 Å². The van der Waals surface area contributed by atoms with Crippen molar-refractivity contribution < 1.29 is 4.79 Å². The van der Waals surface area contributed by atoms with E-state index >= 15 is 0 Å². The fourth-order valence-corrected chi connectivity index (χ4v) is 3.02. The Kier molecular flexibility index (Phi) is 4.30. The maximum Gasteiger partial charge on any atom is 0.261 e. The van der Waals surface area contributed by atoms with Gasteiger partial charge in [-0.3, -0.25) is 9.59 Å². The predicted octanol–water partition coefficient (Wildman–Crippen LogP) is 2.99. The normalized spacial score (nSPS) is 10.9. The van der Waals surface area contributed by atoms with Crippen LogP contribution in [0.1, 0.15) is 15.9 Å². The molecule has 0 aliphatic heterocycles. The first kappa shape index (κ1) is 16.8. The van der Waals surface area contributed by atoms with Crippen LogP contribution in [0.5, 0.6) is 0 Å². The highest BCUT2D eigenvalue weighted by Gasteiger charge is 2.17. The molecule has 0 unspecified atom stereocenters. The molecule has 0 saturated carbocycles. The fraction of sp³-hybridized carbons (Fsp3) is 0.0952. The number of benzene rings is 2. The second-order valence-electron chi connectivity index (χ2n) is 6.39. The van der Waals surface area contributed by atoms with Crippen molar-refractivity contribution in [2.45, 2.75) is 6.54 Å². The first-order chi connectivity index (χ1) is 13.1. The van der Waals surface area contributed by atoms with E-state index in [9.17, 15) is 9.59 Å². The minimum atomic E-state index is -0.384. The lowest BCUT2D eigenvalue weighted by Gasteiger charge is -2.16. The summed E-state index contributed by atoms with van der Waals surface area (Å²) < 4.78 is 1.76. The largest absolute Gasteiger partial charge is 0.337 e. The smallest absolute Gasteiger partial charge is 0.261 e. The van der Waals surface area contributed by atoms with E-state index < -0.39 is 0 Å². The van der Waals surface area contributed by atoms with Gasteiger partial charge in [0.1, 0.15) is 5.56 Å². The number of hydrogen-bond donors (Lipinski definition) is 1. The number of para-hydroxylation sites is 2. The second-order valence-corrected chi connectivity index (χ2v) is 6.39. The van der Waals surface area contributed by atoms with Gasteiger partial charge in [-0.2, -0.15) is 5.10 Å². The van der Waals surface area contributed by atoms with Gasteiger partial charge in [0, 0.05) is 30.9 Å². The predicted molar refractivity (Wildman–Crippen MR) is 104 cm³/mol. The van der Waals surface area contributed by atoms with Crippen LogP contribution in [0.15, 0.2) is 77.9 Å². The average molecular weight is 358 g/mol. The number of carbonyl (C=O) groups is 1. The number of rotatable bonds is 4. The van der Waals surface area contributed by atoms with E-state index in [-0.39, 0.29) is 17.0 Å². The zero-order valence-electron chi connectivity index (χ0n) is 14.8. The molecule has 0 fully saturated rings. The lowest BCUT2D eigenvalue weighted by molar-refractivity contribution is 0.0783. The molecule has 1 amide bonds. The number of H-pyrrole nitrogens is 1. The van der Waals surface area contributed by atoms with Crippen molar-refractivity contribution in [3.63, 3.8) is 0 Å². The first-order valence-corrected chi connectivity index (χ1v) is 8.58. The molecule has 0 radical (unpaired) electrons. The molecule has 0 atom stereocenters. The second kappa shape index (κ2) is 6.92. The summed E-state index contributed by atoms with van der Waals surface area (Å²) in [5.41, 5.74) is 2.29.